The van der Waals surface area contributed by atoms with Crippen molar-refractivity contribution in [2.24, 2.45) is 0 Å². The molecule has 50 valence electrons. The van der Waals surface area contributed by atoms with E-state index in [0.29, 0.717) is 4.32 Å². The summed E-state index contributed by atoms with van der Waals surface area (Å²) in [5.74, 6) is 0. The minimum absolute atomic E-state index is 0. The summed E-state index contributed by atoms with van der Waals surface area (Å²) in [4.78, 5) is 2.01. The molecule has 0 aromatic rings. The fraction of sp³-hybridized carbons (Fsp3) is 0.800. The molecule has 0 fully saturated rings. The second-order valence-corrected chi connectivity index (χ2v) is 2.57. The molecule has 0 atom stereocenters. The first kappa shape index (κ1) is 12.4. The summed E-state index contributed by atoms with van der Waals surface area (Å²) in [5.41, 5.74) is 0. The summed E-state index contributed by atoms with van der Waals surface area (Å²) >= 11 is 8.82. The van der Waals surface area contributed by atoms with Gasteiger partial charge in [0.15, 0.2) is 0 Å². The summed E-state index contributed by atoms with van der Waals surface area (Å²) in [6, 6.07) is 0. The summed E-state index contributed by atoms with van der Waals surface area (Å²) in [6.07, 6.45) is 0. The molecule has 0 saturated heterocycles. The summed E-state index contributed by atoms with van der Waals surface area (Å²) in [6.45, 7) is 6.04. The molecule has 2 radical (unpaired) electrons. The van der Waals surface area contributed by atoms with Crippen LogP contribution in [0.4, 0.5) is 0 Å². The molecular formula is C5H11NS2Se+4. The van der Waals surface area contributed by atoms with Crippen molar-refractivity contribution in [1.29, 1.82) is 0 Å². The van der Waals surface area contributed by atoms with Gasteiger partial charge in [-0.3, -0.25) is 0 Å². The molecule has 0 spiro atoms. The standard InChI is InChI=1S/C5H11NS2.Se/c1-3-6(4-2)5(7)8;/h3-4H2,1-2H3,(H,7,8);/q;+4. The second kappa shape index (κ2) is 6.87. The zero-order valence-electron chi connectivity index (χ0n) is 5.63. The van der Waals surface area contributed by atoms with Gasteiger partial charge in [0, 0.05) is 13.1 Å². The van der Waals surface area contributed by atoms with Crippen molar-refractivity contribution < 1.29 is 0 Å². The Labute approximate surface area is 78.1 Å². The number of hydrogen-bond acceptors (Lipinski definition) is 1. The van der Waals surface area contributed by atoms with Crippen molar-refractivity contribution in [2.75, 3.05) is 13.1 Å². The first-order valence-electron chi connectivity index (χ1n) is 2.70. The Balaban J connectivity index is 0. The smallest absolute Gasteiger partial charge is 0.358 e. The summed E-state index contributed by atoms with van der Waals surface area (Å²) < 4.78 is 0.690. The molecule has 0 aliphatic rings. The topological polar surface area (TPSA) is 3.24 Å². The molecule has 0 amide bonds. The van der Waals surface area contributed by atoms with Crippen LogP contribution < -0.4 is 0 Å². The average molecular weight is 228 g/mol. The van der Waals surface area contributed by atoms with Crippen LogP contribution in [0.2, 0.25) is 0 Å². The maximum atomic E-state index is 4.81. The summed E-state index contributed by atoms with van der Waals surface area (Å²) in [5, 5.41) is 0. The van der Waals surface area contributed by atoms with Gasteiger partial charge in [0.25, 0.3) is 0 Å². The molecule has 0 bridgehead atoms. The summed E-state index contributed by atoms with van der Waals surface area (Å²) in [7, 11) is 0. The zero-order chi connectivity index (χ0) is 6.57. The molecule has 0 aromatic heterocycles. The molecule has 0 aliphatic carbocycles. The van der Waals surface area contributed by atoms with E-state index in [1.165, 1.54) is 0 Å². The first-order chi connectivity index (χ1) is 3.72. The van der Waals surface area contributed by atoms with E-state index in [-0.39, 0.29) is 17.1 Å². The van der Waals surface area contributed by atoms with Crippen molar-refractivity contribution in [3.05, 3.63) is 0 Å². The van der Waals surface area contributed by atoms with E-state index in [1.807, 2.05) is 4.90 Å². The van der Waals surface area contributed by atoms with Gasteiger partial charge in [-0.15, -0.1) is 12.6 Å². The van der Waals surface area contributed by atoms with Gasteiger partial charge < -0.3 is 4.90 Å². The third-order valence-electron chi connectivity index (χ3n) is 1.03. The fourth-order valence-electron chi connectivity index (χ4n) is 0.494. The van der Waals surface area contributed by atoms with Crippen LogP contribution >= 0.6 is 24.8 Å². The van der Waals surface area contributed by atoms with E-state index >= 15 is 0 Å². The van der Waals surface area contributed by atoms with Crippen molar-refractivity contribution in [3.8, 4) is 0 Å². The second-order valence-electron chi connectivity index (χ2n) is 1.45. The van der Waals surface area contributed by atoms with Gasteiger partial charge in [0.05, 0.1) is 0 Å². The Morgan fingerprint density at radius 3 is 1.78 bits per heavy atom. The quantitative estimate of drug-likeness (QED) is 0.429. The number of nitrogens with zero attached hydrogens (tertiary/aromatic N) is 1. The molecule has 0 aliphatic heterocycles. The molecule has 0 heterocycles. The van der Waals surface area contributed by atoms with Crippen LogP contribution in [0.25, 0.3) is 0 Å². The number of thiocarbonyl (C=S) groups is 1. The van der Waals surface area contributed by atoms with Crippen LogP contribution in [-0.4, -0.2) is 39.4 Å². The van der Waals surface area contributed by atoms with Crippen molar-refractivity contribution in [3.63, 3.8) is 0 Å². The third kappa shape index (κ3) is 5.22. The monoisotopic (exact) mass is 229 g/mol. The maximum absolute atomic E-state index is 4.81. The molecule has 4 heteroatoms. The zero-order valence-corrected chi connectivity index (χ0v) is 9.05. The Morgan fingerprint density at radius 1 is 1.44 bits per heavy atom. The predicted octanol–water partition coefficient (Wildman–Crippen LogP) is 1.16. The first-order valence-corrected chi connectivity index (χ1v) is 3.55. The van der Waals surface area contributed by atoms with Gasteiger partial charge in [-0.05, 0) is 13.8 Å². The Morgan fingerprint density at radius 2 is 1.78 bits per heavy atom. The predicted molar refractivity (Wildman–Crippen MR) is 50.3 cm³/mol. The van der Waals surface area contributed by atoms with Crippen LogP contribution in [0.3, 0.4) is 0 Å². The van der Waals surface area contributed by atoms with Crippen LogP contribution in [-0.2, 0) is 0 Å². The van der Waals surface area contributed by atoms with Crippen molar-refractivity contribution in [1.82, 2.24) is 4.90 Å². The van der Waals surface area contributed by atoms with Crippen molar-refractivity contribution >= 4 is 46.2 Å². The molecule has 0 saturated carbocycles. The molecule has 0 unspecified atom stereocenters. The van der Waals surface area contributed by atoms with Crippen LogP contribution in [0, 0.1) is 0 Å². The number of hydrogen-bond donors (Lipinski definition) is 1. The SMILES string of the molecule is CCN(CC)C(=S)S.[Se+4]. The number of rotatable bonds is 2. The van der Waals surface area contributed by atoms with Gasteiger partial charge in [0.2, 0.25) is 0 Å². The Hall–Kier alpha value is 0.759. The van der Waals surface area contributed by atoms with E-state index in [0.717, 1.165) is 13.1 Å². The fourth-order valence-corrected chi connectivity index (χ4v) is 1.04. The van der Waals surface area contributed by atoms with Crippen LogP contribution in [0.1, 0.15) is 13.8 Å². The van der Waals surface area contributed by atoms with Gasteiger partial charge >= 0.3 is 17.1 Å². The minimum Gasteiger partial charge on any atom is -0.358 e. The van der Waals surface area contributed by atoms with E-state index in [2.05, 4.69) is 26.5 Å². The third-order valence-corrected chi connectivity index (χ3v) is 1.58. The van der Waals surface area contributed by atoms with E-state index in [9.17, 15) is 0 Å². The van der Waals surface area contributed by atoms with E-state index < -0.39 is 0 Å². The van der Waals surface area contributed by atoms with Crippen LogP contribution in [0.15, 0.2) is 0 Å². The molecule has 9 heavy (non-hydrogen) atoms. The van der Waals surface area contributed by atoms with Crippen LogP contribution in [0.5, 0.6) is 0 Å². The molecule has 0 aromatic carbocycles. The molecule has 0 N–H and O–H groups in total. The number of thiol groups is 1. The average Bonchev–Trinajstić information content (AvgIpc) is 1.69. The molecular weight excluding hydrogens is 217 g/mol. The largest absolute Gasteiger partial charge is 4.00 e. The van der Waals surface area contributed by atoms with Gasteiger partial charge in [0.1, 0.15) is 4.32 Å². The van der Waals surface area contributed by atoms with Gasteiger partial charge in [-0.1, -0.05) is 12.2 Å². The van der Waals surface area contributed by atoms with E-state index in [4.69, 9.17) is 12.2 Å². The minimum atomic E-state index is 0. The maximum Gasteiger partial charge on any atom is 4.00 e. The molecule has 0 rings (SSSR count). The van der Waals surface area contributed by atoms with E-state index in [1.54, 1.807) is 0 Å². The van der Waals surface area contributed by atoms with Gasteiger partial charge in [-0.25, -0.2) is 0 Å². The van der Waals surface area contributed by atoms with Crippen molar-refractivity contribution in [2.45, 2.75) is 13.8 Å². The Kier molecular flexibility index (Phi) is 9.50. The normalized spacial score (nSPS) is 7.89. The van der Waals surface area contributed by atoms with Gasteiger partial charge in [-0.2, -0.15) is 0 Å². The molecule has 1 nitrogen and oxygen atoms in total. The Bertz CT molecular complexity index is 83.0.